The topological polar surface area (TPSA) is 82.2 Å². The second kappa shape index (κ2) is 9.09. The van der Waals surface area contributed by atoms with Gasteiger partial charge in [-0.15, -0.1) is 0 Å². The molecule has 0 radical (unpaired) electrons. The Bertz CT molecular complexity index is 1240. The van der Waals surface area contributed by atoms with Crippen molar-refractivity contribution in [3.63, 3.8) is 0 Å². The van der Waals surface area contributed by atoms with Crippen molar-refractivity contribution in [1.82, 2.24) is 14.8 Å². The second-order valence-electron chi connectivity index (χ2n) is 7.57. The summed E-state index contributed by atoms with van der Waals surface area (Å²) in [6.07, 6.45) is 0. The first kappa shape index (κ1) is 21.4. The lowest BCUT2D eigenvalue weighted by Gasteiger charge is -2.10. The summed E-state index contributed by atoms with van der Waals surface area (Å²) in [6, 6.07) is 16.6. The summed E-state index contributed by atoms with van der Waals surface area (Å²) in [4.78, 5) is 17.3. The highest BCUT2D eigenvalue weighted by atomic mass is 16.5. The lowest BCUT2D eigenvalue weighted by atomic mass is 10.1. The molecule has 2 aromatic carbocycles. The molecule has 0 saturated carbocycles. The zero-order valence-electron chi connectivity index (χ0n) is 18.7. The molecule has 164 valence electrons. The van der Waals surface area contributed by atoms with Crippen molar-refractivity contribution < 1.29 is 13.9 Å². The van der Waals surface area contributed by atoms with Crippen LogP contribution in [0.1, 0.15) is 40.1 Å². The van der Waals surface area contributed by atoms with E-state index >= 15 is 0 Å². The van der Waals surface area contributed by atoms with E-state index < -0.39 is 0 Å². The first-order valence-electron chi connectivity index (χ1n) is 10.6. The van der Waals surface area contributed by atoms with Crippen molar-refractivity contribution in [1.29, 1.82) is 0 Å². The summed E-state index contributed by atoms with van der Waals surface area (Å²) in [5.41, 5.74) is 4.91. The fourth-order valence-corrected chi connectivity index (χ4v) is 3.51. The third-order valence-electron chi connectivity index (χ3n) is 5.12. The molecule has 0 aliphatic rings. The van der Waals surface area contributed by atoms with Gasteiger partial charge in [0, 0.05) is 16.9 Å². The highest BCUT2D eigenvalue weighted by Gasteiger charge is 2.15. The molecule has 7 heteroatoms. The molecule has 0 aliphatic carbocycles. The Balaban J connectivity index is 1.48. The number of aryl methyl sites for hydroxylation is 3. The summed E-state index contributed by atoms with van der Waals surface area (Å²) in [6.45, 7) is 8.84. The summed E-state index contributed by atoms with van der Waals surface area (Å²) < 4.78 is 13.4. The predicted molar refractivity (Wildman–Crippen MR) is 123 cm³/mol. The van der Waals surface area contributed by atoms with E-state index in [1.165, 1.54) is 0 Å². The van der Waals surface area contributed by atoms with Crippen LogP contribution in [0.3, 0.4) is 0 Å². The third-order valence-corrected chi connectivity index (χ3v) is 5.12. The molecule has 4 aromatic rings. The Kier molecular flexibility index (Phi) is 6.07. The van der Waals surface area contributed by atoms with Gasteiger partial charge < -0.3 is 14.5 Å². The van der Waals surface area contributed by atoms with Crippen LogP contribution in [0.25, 0.3) is 11.5 Å². The van der Waals surface area contributed by atoms with E-state index in [-0.39, 0.29) is 5.91 Å². The number of ether oxygens (including phenoxy) is 1. The molecule has 0 unspecified atom stereocenters. The summed E-state index contributed by atoms with van der Waals surface area (Å²) in [7, 11) is 0. The largest absolute Gasteiger partial charge is 0.493 e. The maximum absolute atomic E-state index is 12.7. The normalized spacial score (nSPS) is 10.9. The monoisotopic (exact) mass is 430 g/mol. The van der Waals surface area contributed by atoms with Crippen LogP contribution in [0.15, 0.2) is 59.0 Å². The Hall–Kier alpha value is -3.87. The smallest absolute Gasteiger partial charge is 0.259 e. The number of para-hydroxylation sites is 1. The number of nitrogens with one attached hydrogen (secondary N) is 1. The molecule has 1 amide bonds. The van der Waals surface area contributed by atoms with E-state index in [2.05, 4.69) is 15.4 Å². The highest BCUT2D eigenvalue weighted by Crippen LogP contribution is 2.25. The van der Waals surface area contributed by atoms with Gasteiger partial charge in [-0.3, -0.25) is 9.48 Å². The number of amides is 1. The number of aromatic nitrogens is 3. The maximum atomic E-state index is 12.7. The van der Waals surface area contributed by atoms with E-state index in [0.29, 0.717) is 36.0 Å². The summed E-state index contributed by atoms with van der Waals surface area (Å²) >= 11 is 0. The lowest BCUT2D eigenvalue weighted by Crippen LogP contribution is -2.13. The van der Waals surface area contributed by atoms with E-state index in [9.17, 15) is 4.79 Å². The molecule has 0 aliphatic heterocycles. The highest BCUT2D eigenvalue weighted by molar-refractivity contribution is 6.06. The van der Waals surface area contributed by atoms with Crippen molar-refractivity contribution in [2.75, 3.05) is 11.9 Å². The van der Waals surface area contributed by atoms with E-state index in [4.69, 9.17) is 9.15 Å². The molecule has 1 N–H and O–H groups in total. The predicted octanol–water partition coefficient (Wildman–Crippen LogP) is 5.16. The first-order valence-corrected chi connectivity index (χ1v) is 10.6. The van der Waals surface area contributed by atoms with Gasteiger partial charge in [-0.1, -0.05) is 12.1 Å². The number of anilines is 1. The molecule has 2 aromatic heterocycles. The second-order valence-corrected chi connectivity index (χ2v) is 7.57. The quantitative estimate of drug-likeness (QED) is 0.438. The van der Waals surface area contributed by atoms with Gasteiger partial charge in [0.15, 0.2) is 0 Å². The van der Waals surface area contributed by atoms with Gasteiger partial charge in [0.25, 0.3) is 5.91 Å². The molecule has 2 heterocycles. The van der Waals surface area contributed by atoms with Gasteiger partial charge in [-0.25, -0.2) is 4.98 Å². The Labute approximate surface area is 187 Å². The van der Waals surface area contributed by atoms with Crippen molar-refractivity contribution in [2.45, 2.75) is 34.2 Å². The Morgan fingerprint density at radius 2 is 1.84 bits per heavy atom. The first-order chi connectivity index (χ1) is 15.4. The number of rotatable bonds is 7. The van der Waals surface area contributed by atoms with Gasteiger partial charge in [-0.05, 0) is 70.2 Å². The zero-order valence-corrected chi connectivity index (χ0v) is 18.7. The van der Waals surface area contributed by atoms with Crippen LogP contribution in [-0.2, 0) is 6.54 Å². The Morgan fingerprint density at radius 3 is 2.53 bits per heavy atom. The van der Waals surface area contributed by atoms with Gasteiger partial charge in [0.1, 0.15) is 17.2 Å². The molecule has 0 saturated heterocycles. The van der Waals surface area contributed by atoms with Crippen LogP contribution in [0.2, 0.25) is 0 Å². The molecule has 4 rings (SSSR count). The number of nitrogens with zero attached hydrogens (tertiary/aromatic N) is 3. The van der Waals surface area contributed by atoms with E-state index in [1.807, 2.05) is 74.8 Å². The van der Waals surface area contributed by atoms with Crippen LogP contribution >= 0.6 is 0 Å². The molecule has 7 nitrogen and oxygen atoms in total. The van der Waals surface area contributed by atoms with Crippen molar-refractivity contribution in [3.05, 3.63) is 83.0 Å². The standard InChI is InChI=1S/C25H26N4O3/c1-5-31-23-9-7-6-8-21(23)24(30)26-20-12-10-19(11-13-20)25-27-22(18(4)32-25)15-29-17(3)14-16(2)28-29/h6-14H,5,15H2,1-4H3,(H,26,30). The minimum Gasteiger partial charge on any atom is -0.493 e. The van der Waals surface area contributed by atoms with Gasteiger partial charge >= 0.3 is 0 Å². The van der Waals surface area contributed by atoms with Gasteiger partial charge in [0.2, 0.25) is 5.89 Å². The maximum Gasteiger partial charge on any atom is 0.259 e. The number of hydrogen-bond donors (Lipinski definition) is 1. The SMILES string of the molecule is CCOc1ccccc1C(=O)Nc1ccc(-c2nc(Cn3nc(C)cc3C)c(C)o2)cc1. The van der Waals surface area contributed by atoms with Crippen LogP contribution < -0.4 is 10.1 Å². The van der Waals surface area contributed by atoms with Crippen molar-refractivity contribution >= 4 is 11.6 Å². The average molecular weight is 431 g/mol. The minimum atomic E-state index is -0.221. The average Bonchev–Trinajstić information content (AvgIpc) is 3.30. The molecule has 0 atom stereocenters. The van der Waals surface area contributed by atoms with Crippen LogP contribution in [0.5, 0.6) is 5.75 Å². The molecular weight excluding hydrogens is 404 g/mol. The molecule has 0 spiro atoms. The number of oxazole rings is 1. The summed E-state index contributed by atoms with van der Waals surface area (Å²) in [5, 5.41) is 7.41. The summed E-state index contributed by atoms with van der Waals surface area (Å²) in [5.74, 6) is 1.64. The van der Waals surface area contributed by atoms with Crippen molar-refractivity contribution in [3.8, 4) is 17.2 Å². The van der Waals surface area contributed by atoms with E-state index in [0.717, 1.165) is 28.4 Å². The molecule has 32 heavy (non-hydrogen) atoms. The van der Waals surface area contributed by atoms with Crippen LogP contribution in [0, 0.1) is 20.8 Å². The lowest BCUT2D eigenvalue weighted by molar-refractivity contribution is 0.102. The molecule has 0 bridgehead atoms. The van der Waals surface area contributed by atoms with Crippen LogP contribution in [0.4, 0.5) is 5.69 Å². The van der Waals surface area contributed by atoms with Crippen molar-refractivity contribution in [2.24, 2.45) is 0 Å². The van der Waals surface area contributed by atoms with E-state index in [1.54, 1.807) is 12.1 Å². The number of carbonyl (C=O) groups excluding carboxylic acids is 1. The number of carbonyl (C=O) groups is 1. The van der Waals surface area contributed by atoms with Gasteiger partial charge in [0.05, 0.1) is 24.4 Å². The van der Waals surface area contributed by atoms with Crippen LogP contribution in [-0.4, -0.2) is 27.3 Å². The number of hydrogen-bond acceptors (Lipinski definition) is 5. The number of benzene rings is 2. The zero-order chi connectivity index (χ0) is 22.7. The fraction of sp³-hybridized carbons (Fsp3) is 0.240. The fourth-order valence-electron chi connectivity index (χ4n) is 3.51. The molecular formula is C25H26N4O3. The van der Waals surface area contributed by atoms with Gasteiger partial charge in [-0.2, -0.15) is 5.10 Å². The minimum absolute atomic E-state index is 0.221. The molecule has 0 fully saturated rings. The Morgan fingerprint density at radius 1 is 1.09 bits per heavy atom. The third kappa shape index (κ3) is 4.56.